The van der Waals surface area contributed by atoms with Crippen molar-refractivity contribution in [3.05, 3.63) is 47.2 Å². The SMILES string of the molecule is CC[C@@H](OC12CC[C@@H](c3cc(-c4c(F)cccc4F)nnc31)C2(C)C)C(=O)O. The summed E-state index contributed by atoms with van der Waals surface area (Å²) in [5.74, 6) is -2.35. The Kier molecular flexibility index (Phi) is 4.26. The highest BCUT2D eigenvalue weighted by molar-refractivity contribution is 5.72. The Hall–Kier alpha value is -2.41. The molecule has 0 spiro atoms. The molecule has 0 amide bonds. The van der Waals surface area contributed by atoms with E-state index in [1.165, 1.54) is 18.2 Å². The second-order valence-electron chi connectivity index (χ2n) is 8.12. The van der Waals surface area contributed by atoms with Crippen molar-refractivity contribution in [1.29, 1.82) is 0 Å². The molecule has 1 fully saturated rings. The van der Waals surface area contributed by atoms with Crippen LogP contribution >= 0.6 is 0 Å². The molecule has 7 heteroatoms. The van der Waals surface area contributed by atoms with Gasteiger partial charge in [-0.2, -0.15) is 5.10 Å². The highest BCUT2D eigenvalue weighted by Crippen LogP contribution is 2.68. The van der Waals surface area contributed by atoms with Crippen molar-refractivity contribution in [2.45, 2.75) is 57.7 Å². The van der Waals surface area contributed by atoms with Crippen LogP contribution in [0.5, 0.6) is 0 Å². The van der Waals surface area contributed by atoms with Crippen molar-refractivity contribution in [2.75, 3.05) is 0 Å². The van der Waals surface area contributed by atoms with Crippen LogP contribution in [0, 0.1) is 17.0 Å². The summed E-state index contributed by atoms with van der Waals surface area (Å²) in [5.41, 5.74) is 0.0894. The molecule has 0 radical (unpaired) electrons. The van der Waals surface area contributed by atoms with Gasteiger partial charge >= 0.3 is 5.97 Å². The molecule has 1 N–H and O–H groups in total. The first-order valence-electron chi connectivity index (χ1n) is 9.46. The van der Waals surface area contributed by atoms with Gasteiger partial charge in [0.05, 0.1) is 17.0 Å². The van der Waals surface area contributed by atoms with E-state index in [4.69, 9.17) is 4.74 Å². The Morgan fingerprint density at radius 1 is 1.32 bits per heavy atom. The lowest BCUT2D eigenvalue weighted by Crippen LogP contribution is -2.43. The number of carbonyl (C=O) groups is 1. The van der Waals surface area contributed by atoms with Crippen LogP contribution in [0.3, 0.4) is 0 Å². The second-order valence-corrected chi connectivity index (χ2v) is 8.12. The Morgan fingerprint density at radius 3 is 2.61 bits per heavy atom. The van der Waals surface area contributed by atoms with E-state index in [-0.39, 0.29) is 17.2 Å². The van der Waals surface area contributed by atoms with Crippen LogP contribution in [0.25, 0.3) is 11.3 Å². The van der Waals surface area contributed by atoms with Gasteiger partial charge in [-0.05, 0) is 48.9 Å². The Morgan fingerprint density at radius 2 is 2.00 bits per heavy atom. The molecule has 0 saturated heterocycles. The summed E-state index contributed by atoms with van der Waals surface area (Å²) in [6, 6.07) is 5.36. The zero-order chi connectivity index (χ0) is 20.3. The van der Waals surface area contributed by atoms with Gasteiger partial charge < -0.3 is 9.84 Å². The van der Waals surface area contributed by atoms with Crippen LogP contribution in [0.2, 0.25) is 0 Å². The summed E-state index contributed by atoms with van der Waals surface area (Å²) in [6.07, 6.45) is 0.818. The van der Waals surface area contributed by atoms with Crippen LogP contribution in [0.1, 0.15) is 57.2 Å². The average molecular weight is 388 g/mol. The molecule has 5 nitrogen and oxygen atoms in total. The van der Waals surface area contributed by atoms with Gasteiger partial charge in [-0.1, -0.05) is 26.8 Å². The fraction of sp³-hybridized carbons (Fsp3) is 0.476. The first kappa shape index (κ1) is 18.9. The van der Waals surface area contributed by atoms with Crippen molar-refractivity contribution in [1.82, 2.24) is 10.2 Å². The number of hydrogen-bond acceptors (Lipinski definition) is 4. The van der Waals surface area contributed by atoms with Gasteiger partial charge in [0.1, 0.15) is 17.2 Å². The van der Waals surface area contributed by atoms with E-state index in [0.29, 0.717) is 18.5 Å². The molecule has 1 saturated carbocycles. The minimum Gasteiger partial charge on any atom is -0.479 e. The molecule has 1 unspecified atom stereocenters. The van der Waals surface area contributed by atoms with E-state index in [2.05, 4.69) is 10.2 Å². The number of fused-ring (bicyclic) bond motifs is 5. The molecular formula is C21H22F2N2O3. The van der Waals surface area contributed by atoms with Crippen LogP contribution in [0.15, 0.2) is 24.3 Å². The predicted molar refractivity (Wildman–Crippen MR) is 97.6 cm³/mol. The van der Waals surface area contributed by atoms with Crippen LogP contribution < -0.4 is 0 Å². The standard InChI is InChI=1S/C21H22F2N2O3/c1-4-16(19(26)27)28-21-9-8-12(20(21,2)3)11-10-15(24-25-18(11)21)17-13(22)6-5-7-14(17)23/h5-7,10,12,16H,4,8-9H2,1-3H3,(H,26,27)/t12-,16+,21?/m0/s1. The largest absolute Gasteiger partial charge is 0.479 e. The number of rotatable bonds is 5. The number of carboxylic acid groups (broad SMARTS) is 1. The van der Waals surface area contributed by atoms with E-state index < -0.39 is 34.7 Å². The molecule has 148 valence electrons. The fourth-order valence-electron chi connectivity index (χ4n) is 4.95. The maximum Gasteiger partial charge on any atom is 0.332 e. The lowest BCUT2D eigenvalue weighted by atomic mass is 9.77. The van der Waals surface area contributed by atoms with Gasteiger partial charge in [0.2, 0.25) is 0 Å². The van der Waals surface area contributed by atoms with Gasteiger partial charge in [-0.25, -0.2) is 13.6 Å². The topological polar surface area (TPSA) is 72.3 Å². The van der Waals surface area contributed by atoms with E-state index in [1.54, 1.807) is 13.0 Å². The van der Waals surface area contributed by atoms with E-state index in [0.717, 1.165) is 12.0 Å². The summed E-state index contributed by atoms with van der Waals surface area (Å²) in [7, 11) is 0. The Labute approximate surface area is 161 Å². The highest BCUT2D eigenvalue weighted by atomic mass is 19.1. The number of aromatic nitrogens is 2. The summed E-state index contributed by atoms with van der Waals surface area (Å²) >= 11 is 0. The van der Waals surface area contributed by atoms with Gasteiger partial charge in [-0.15, -0.1) is 5.10 Å². The van der Waals surface area contributed by atoms with Crippen LogP contribution in [-0.4, -0.2) is 27.4 Å². The third-order valence-corrected chi connectivity index (χ3v) is 6.49. The molecule has 2 aliphatic rings. The zero-order valence-corrected chi connectivity index (χ0v) is 16.0. The van der Waals surface area contributed by atoms with Gasteiger partial charge in [0.25, 0.3) is 0 Å². The lowest BCUT2D eigenvalue weighted by molar-refractivity contribution is -0.181. The second kappa shape index (κ2) is 6.30. The Balaban J connectivity index is 1.84. The Bertz CT molecular complexity index is 942. The number of ether oxygens (including phenoxy) is 1. The first-order valence-corrected chi connectivity index (χ1v) is 9.46. The number of nitrogens with zero attached hydrogens (tertiary/aromatic N) is 2. The van der Waals surface area contributed by atoms with Crippen molar-refractivity contribution in [2.24, 2.45) is 5.41 Å². The molecule has 1 heterocycles. The van der Waals surface area contributed by atoms with E-state index >= 15 is 0 Å². The maximum atomic E-state index is 14.2. The molecule has 1 aromatic carbocycles. The number of hydrogen-bond donors (Lipinski definition) is 1. The third-order valence-electron chi connectivity index (χ3n) is 6.49. The predicted octanol–water partition coefficient (Wildman–Crippen LogP) is 4.41. The normalized spacial score (nSPS) is 25.5. The molecule has 4 rings (SSSR count). The minimum absolute atomic E-state index is 0.0536. The monoisotopic (exact) mass is 388 g/mol. The summed E-state index contributed by atoms with van der Waals surface area (Å²) < 4.78 is 34.6. The summed E-state index contributed by atoms with van der Waals surface area (Å²) in [5, 5.41) is 17.9. The molecule has 2 aliphatic carbocycles. The number of halogens is 2. The lowest BCUT2D eigenvalue weighted by Gasteiger charge is -2.39. The highest BCUT2D eigenvalue weighted by Gasteiger charge is 2.65. The fourth-order valence-corrected chi connectivity index (χ4v) is 4.95. The number of aliphatic carboxylic acids is 1. The smallest absolute Gasteiger partial charge is 0.332 e. The van der Waals surface area contributed by atoms with Crippen molar-refractivity contribution in [3.8, 4) is 11.3 Å². The molecule has 1 aromatic heterocycles. The average Bonchev–Trinajstić information content (AvgIpc) is 3.00. The summed E-state index contributed by atoms with van der Waals surface area (Å²) in [6.45, 7) is 5.83. The van der Waals surface area contributed by atoms with Crippen molar-refractivity contribution >= 4 is 5.97 Å². The van der Waals surface area contributed by atoms with E-state index in [1.807, 2.05) is 13.8 Å². The molecular weight excluding hydrogens is 366 g/mol. The third kappa shape index (κ3) is 2.42. The molecule has 2 aromatic rings. The quantitative estimate of drug-likeness (QED) is 0.821. The van der Waals surface area contributed by atoms with Gasteiger partial charge in [0, 0.05) is 5.41 Å². The van der Waals surface area contributed by atoms with E-state index in [9.17, 15) is 18.7 Å². The number of benzene rings is 1. The molecule has 3 atom stereocenters. The molecule has 2 bridgehead atoms. The van der Waals surface area contributed by atoms with Crippen molar-refractivity contribution < 1.29 is 23.4 Å². The minimum atomic E-state index is -1.01. The van der Waals surface area contributed by atoms with Gasteiger partial charge in [0.15, 0.2) is 6.10 Å². The van der Waals surface area contributed by atoms with Crippen LogP contribution in [-0.2, 0) is 15.1 Å². The summed E-state index contributed by atoms with van der Waals surface area (Å²) in [4.78, 5) is 11.6. The van der Waals surface area contributed by atoms with Gasteiger partial charge in [-0.3, -0.25) is 0 Å². The molecule has 28 heavy (non-hydrogen) atoms. The molecule has 0 aliphatic heterocycles. The zero-order valence-electron chi connectivity index (χ0n) is 16.0. The maximum absolute atomic E-state index is 14.2. The van der Waals surface area contributed by atoms with Crippen molar-refractivity contribution in [3.63, 3.8) is 0 Å². The van der Waals surface area contributed by atoms with Crippen LogP contribution in [0.4, 0.5) is 8.78 Å². The first-order chi connectivity index (χ1) is 13.2. The number of carboxylic acids is 1.